The molecule has 10 heteroatoms. The van der Waals surface area contributed by atoms with Crippen molar-refractivity contribution in [2.75, 3.05) is 18.4 Å². The lowest BCUT2D eigenvalue weighted by molar-refractivity contribution is 0.102. The molecule has 0 unspecified atom stereocenters. The molecule has 1 fully saturated rings. The smallest absolute Gasteiger partial charge is 0.255 e. The molecule has 0 atom stereocenters. The lowest BCUT2D eigenvalue weighted by atomic mass is 10.1. The quantitative estimate of drug-likeness (QED) is 0.784. The molecular formula is C19H19F3N2O4S. The van der Waals surface area contributed by atoms with E-state index >= 15 is 0 Å². The van der Waals surface area contributed by atoms with E-state index in [0.717, 1.165) is 28.6 Å². The lowest BCUT2D eigenvalue weighted by Crippen LogP contribution is -2.40. The van der Waals surface area contributed by atoms with Gasteiger partial charge in [0.1, 0.15) is 10.7 Å². The molecule has 0 aromatic heterocycles. The summed E-state index contributed by atoms with van der Waals surface area (Å²) >= 11 is 0. The van der Waals surface area contributed by atoms with Gasteiger partial charge in [-0.25, -0.2) is 21.6 Å². The number of hydrogen-bond donors (Lipinski definition) is 2. The van der Waals surface area contributed by atoms with Crippen molar-refractivity contribution in [3.63, 3.8) is 0 Å². The van der Waals surface area contributed by atoms with Crippen LogP contribution in [0.25, 0.3) is 0 Å². The van der Waals surface area contributed by atoms with Crippen molar-refractivity contribution in [3.05, 3.63) is 58.9 Å². The number of nitrogens with one attached hydrogen (secondary N) is 1. The fourth-order valence-corrected chi connectivity index (χ4v) is 4.63. The number of carbonyl (C=O) groups excluding carboxylic acids is 1. The first-order valence-electron chi connectivity index (χ1n) is 8.84. The number of anilines is 1. The molecule has 156 valence electrons. The molecule has 0 bridgehead atoms. The molecule has 1 aliphatic rings. The number of carbonyl (C=O) groups is 1. The van der Waals surface area contributed by atoms with E-state index in [9.17, 15) is 31.5 Å². The molecule has 0 spiro atoms. The molecule has 1 heterocycles. The van der Waals surface area contributed by atoms with E-state index in [2.05, 4.69) is 5.32 Å². The van der Waals surface area contributed by atoms with Gasteiger partial charge < -0.3 is 10.4 Å². The Morgan fingerprint density at radius 2 is 1.76 bits per heavy atom. The second kappa shape index (κ2) is 8.13. The highest BCUT2D eigenvalue weighted by atomic mass is 32.2. The van der Waals surface area contributed by atoms with Gasteiger partial charge in [-0.15, -0.1) is 0 Å². The van der Waals surface area contributed by atoms with Gasteiger partial charge >= 0.3 is 0 Å². The minimum Gasteiger partial charge on any atom is -0.393 e. The van der Waals surface area contributed by atoms with E-state index < -0.39 is 44.4 Å². The van der Waals surface area contributed by atoms with Crippen molar-refractivity contribution in [1.29, 1.82) is 0 Å². The van der Waals surface area contributed by atoms with Crippen LogP contribution in [0.2, 0.25) is 0 Å². The van der Waals surface area contributed by atoms with Gasteiger partial charge in [0.15, 0.2) is 11.6 Å². The Kier molecular flexibility index (Phi) is 5.97. The summed E-state index contributed by atoms with van der Waals surface area (Å²) < 4.78 is 67.7. The molecule has 0 saturated carbocycles. The predicted octanol–water partition coefficient (Wildman–Crippen LogP) is 2.81. The van der Waals surface area contributed by atoms with Crippen molar-refractivity contribution in [3.8, 4) is 0 Å². The van der Waals surface area contributed by atoms with Gasteiger partial charge in [-0.05, 0) is 49.6 Å². The number of aliphatic hydroxyl groups is 1. The summed E-state index contributed by atoms with van der Waals surface area (Å²) in [4.78, 5) is 11.8. The number of piperidine rings is 1. The number of sulfonamides is 1. The van der Waals surface area contributed by atoms with Crippen LogP contribution in [0, 0.1) is 24.4 Å². The number of aliphatic hydroxyl groups excluding tert-OH is 1. The second-order valence-corrected chi connectivity index (χ2v) is 8.73. The average molecular weight is 428 g/mol. The number of rotatable bonds is 4. The van der Waals surface area contributed by atoms with E-state index in [4.69, 9.17) is 0 Å². The number of amides is 1. The zero-order chi connectivity index (χ0) is 21.3. The number of benzene rings is 2. The van der Waals surface area contributed by atoms with Gasteiger partial charge in [-0.2, -0.15) is 4.31 Å². The highest BCUT2D eigenvalue weighted by molar-refractivity contribution is 7.89. The van der Waals surface area contributed by atoms with Crippen molar-refractivity contribution in [2.45, 2.75) is 30.8 Å². The summed E-state index contributed by atoms with van der Waals surface area (Å²) in [6.07, 6.45) is -0.143. The Hall–Kier alpha value is -2.43. The average Bonchev–Trinajstić information content (AvgIpc) is 2.66. The summed E-state index contributed by atoms with van der Waals surface area (Å²) in [6, 6.07) is 4.86. The van der Waals surface area contributed by atoms with Crippen LogP contribution in [-0.2, 0) is 10.0 Å². The van der Waals surface area contributed by atoms with Crippen LogP contribution >= 0.6 is 0 Å². The van der Waals surface area contributed by atoms with Gasteiger partial charge in [-0.1, -0.05) is 0 Å². The topological polar surface area (TPSA) is 86.7 Å². The van der Waals surface area contributed by atoms with Gasteiger partial charge in [-0.3, -0.25) is 4.79 Å². The molecule has 2 N–H and O–H groups in total. The molecule has 0 aliphatic carbocycles. The zero-order valence-corrected chi connectivity index (χ0v) is 16.3. The molecule has 29 heavy (non-hydrogen) atoms. The summed E-state index contributed by atoms with van der Waals surface area (Å²) in [5.74, 6) is -4.00. The Labute approximate surface area is 166 Å². The van der Waals surface area contributed by atoms with Gasteiger partial charge in [0.05, 0.1) is 6.10 Å². The zero-order valence-electron chi connectivity index (χ0n) is 15.5. The van der Waals surface area contributed by atoms with Crippen molar-refractivity contribution >= 4 is 21.6 Å². The lowest BCUT2D eigenvalue weighted by Gasteiger charge is -2.28. The van der Waals surface area contributed by atoms with Crippen LogP contribution in [0.1, 0.15) is 28.8 Å². The Morgan fingerprint density at radius 3 is 2.38 bits per heavy atom. The summed E-state index contributed by atoms with van der Waals surface area (Å²) in [7, 11) is -4.21. The van der Waals surface area contributed by atoms with Gasteiger partial charge in [0, 0.05) is 30.4 Å². The molecule has 2 aromatic carbocycles. The third-order valence-corrected chi connectivity index (χ3v) is 6.62. The molecule has 6 nitrogen and oxygen atoms in total. The highest BCUT2D eigenvalue weighted by Gasteiger charge is 2.31. The van der Waals surface area contributed by atoms with Crippen molar-refractivity contribution in [2.24, 2.45) is 0 Å². The van der Waals surface area contributed by atoms with E-state index in [1.54, 1.807) is 0 Å². The van der Waals surface area contributed by atoms with Gasteiger partial charge in [0.25, 0.3) is 5.91 Å². The van der Waals surface area contributed by atoms with Crippen molar-refractivity contribution in [1.82, 2.24) is 4.31 Å². The van der Waals surface area contributed by atoms with Crippen LogP contribution in [0.15, 0.2) is 35.2 Å². The maximum Gasteiger partial charge on any atom is 0.255 e. The van der Waals surface area contributed by atoms with Crippen LogP contribution in [0.4, 0.5) is 18.9 Å². The van der Waals surface area contributed by atoms with E-state index in [1.807, 2.05) is 0 Å². The SMILES string of the molecule is Cc1cc(NC(=O)c2ccc(F)c(S(=O)(=O)N3CCC(O)CC3)c2)cc(F)c1F. The van der Waals surface area contributed by atoms with Crippen LogP contribution in [0.3, 0.4) is 0 Å². The van der Waals surface area contributed by atoms with E-state index in [1.165, 1.54) is 13.0 Å². The molecule has 3 rings (SSSR count). The second-order valence-electron chi connectivity index (χ2n) is 6.82. The minimum absolute atomic E-state index is 0.0186. The van der Waals surface area contributed by atoms with Crippen LogP contribution in [-0.4, -0.2) is 42.9 Å². The fraction of sp³-hybridized carbons (Fsp3) is 0.316. The third kappa shape index (κ3) is 4.44. The standard InChI is InChI=1S/C19H19F3N2O4S/c1-11-8-13(10-16(21)18(11)22)23-19(26)12-2-3-15(20)17(9-12)29(27,28)24-6-4-14(25)5-7-24/h2-3,8-10,14,25H,4-7H2,1H3,(H,23,26). The number of nitrogens with zero attached hydrogens (tertiary/aromatic N) is 1. The van der Waals surface area contributed by atoms with E-state index in [-0.39, 0.29) is 42.7 Å². The first-order chi connectivity index (χ1) is 13.6. The first-order valence-corrected chi connectivity index (χ1v) is 10.3. The van der Waals surface area contributed by atoms with Crippen LogP contribution < -0.4 is 5.32 Å². The minimum atomic E-state index is -4.21. The van der Waals surface area contributed by atoms with Crippen LogP contribution in [0.5, 0.6) is 0 Å². The summed E-state index contributed by atoms with van der Waals surface area (Å²) in [6.45, 7) is 1.40. The highest BCUT2D eigenvalue weighted by Crippen LogP contribution is 2.25. The number of aryl methyl sites for hydroxylation is 1. The normalized spacial score (nSPS) is 16.0. The van der Waals surface area contributed by atoms with E-state index in [0.29, 0.717) is 0 Å². The van der Waals surface area contributed by atoms with Crippen molar-refractivity contribution < 1.29 is 31.5 Å². The molecular weight excluding hydrogens is 409 g/mol. The Morgan fingerprint density at radius 1 is 1.10 bits per heavy atom. The fourth-order valence-electron chi connectivity index (χ4n) is 3.07. The number of halogens is 3. The maximum atomic E-state index is 14.3. The first kappa shape index (κ1) is 21.3. The third-order valence-electron chi connectivity index (χ3n) is 4.70. The summed E-state index contributed by atoms with van der Waals surface area (Å²) in [5, 5.41) is 11.9. The molecule has 1 saturated heterocycles. The van der Waals surface area contributed by atoms with Gasteiger partial charge in [0.2, 0.25) is 10.0 Å². The monoisotopic (exact) mass is 428 g/mol. The Balaban J connectivity index is 1.87. The molecule has 1 aliphatic heterocycles. The predicted molar refractivity (Wildman–Crippen MR) is 99.4 cm³/mol. The molecule has 0 radical (unpaired) electrons. The Bertz CT molecular complexity index is 1030. The largest absolute Gasteiger partial charge is 0.393 e. The molecule has 1 amide bonds. The summed E-state index contributed by atoms with van der Waals surface area (Å²) in [5.41, 5.74) is -0.204. The maximum absolute atomic E-state index is 14.3. The molecule has 2 aromatic rings. The number of hydrogen-bond acceptors (Lipinski definition) is 4.